The molecule has 0 radical (unpaired) electrons. The number of anilines is 1. The maximum absolute atomic E-state index is 12.5. The highest BCUT2D eigenvalue weighted by molar-refractivity contribution is 7.20. The van der Waals surface area contributed by atoms with E-state index in [9.17, 15) is 9.59 Å². The standard InChI is InChI=1S/C18H19N5O2S/c1-11-10-15(24)22-18(19-11)23-8-6-12(7-9-23)20-16(25)17-21-13-4-2-3-5-14(13)26-17/h2-5,10,12H,6-9H2,1H3,(H,20,25)(H,19,22,24). The summed E-state index contributed by atoms with van der Waals surface area (Å²) in [6.07, 6.45) is 1.60. The van der Waals surface area contributed by atoms with Gasteiger partial charge in [-0.15, -0.1) is 11.3 Å². The van der Waals surface area contributed by atoms with Crippen LogP contribution in [-0.4, -0.2) is 40.0 Å². The van der Waals surface area contributed by atoms with E-state index in [0.29, 0.717) is 16.6 Å². The minimum Gasteiger partial charge on any atom is -0.347 e. The molecule has 0 aliphatic carbocycles. The van der Waals surface area contributed by atoms with Crippen molar-refractivity contribution in [3.05, 3.63) is 51.4 Å². The Morgan fingerprint density at radius 1 is 1.27 bits per heavy atom. The molecule has 4 rings (SSSR count). The monoisotopic (exact) mass is 369 g/mol. The van der Waals surface area contributed by atoms with Crippen molar-refractivity contribution in [2.24, 2.45) is 0 Å². The highest BCUT2D eigenvalue weighted by Gasteiger charge is 2.23. The number of aryl methyl sites for hydroxylation is 1. The smallest absolute Gasteiger partial charge is 0.280 e. The number of rotatable bonds is 3. The quantitative estimate of drug-likeness (QED) is 0.738. The van der Waals surface area contributed by atoms with Crippen molar-refractivity contribution in [3.63, 3.8) is 0 Å². The zero-order chi connectivity index (χ0) is 18.1. The van der Waals surface area contributed by atoms with Crippen LogP contribution >= 0.6 is 11.3 Å². The van der Waals surface area contributed by atoms with Crippen LogP contribution < -0.4 is 15.8 Å². The van der Waals surface area contributed by atoms with Gasteiger partial charge in [-0.05, 0) is 31.9 Å². The van der Waals surface area contributed by atoms with E-state index in [0.717, 1.165) is 36.1 Å². The molecule has 2 aromatic heterocycles. The Kier molecular flexibility index (Phi) is 4.42. The number of benzene rings is 1. The molecule has 0 bridgehead atoms. The number of nitrogens with one attached hydrogen (secondary N) is 2. The van der Waals surface area contributed by atoms with Crippen molar-refractivity contribution in [2.45, 2.75) is 25.8 Å². The normalized spacial score (nSPS) is 15.3. The zero-order valence-corrected chi connectivity index (χ0v) is 15.2. The van der Waals surface area contributed by atoms with Crippen LogP contribution in [0, 0.1) is 6.92 Å². The first-order chi connectivity index (χ1) is 12.6. The molecule has 1 aliphatic heterocycles. The summed E-state index contributed by atoms with van der Waals surface area (Å²) < 4.78 is 1.02. The highest BCUT2D eigenvalue weighted by atomic mass is 32.1. The minimum atomic E-state index is -0.140. The van der Waals surface area contributed by atoms with Gasteiger partial charge in [0, 0.05) is 30.9 Å². The Labute approximate surface area is 154 Å². The van der Waals surface area contributed by atoms with Gasteiger partial charge in [0.2, 0.25) is 5.95 Å². The number of hydrogen-bond donors (Lipinski definition) is 2. The van der Waals surface area contributed by atoms with Crippen LogP contribution in [0.15, 0.2) is 35.1 Å². The van der Waals surface area contributed by atoms with Gasteiger partial charge in [-0.2, -0.15) is 0 Å². The summed E-state index contributed by atoms with van der Waals surface area (Å²) in [6.45, 7) is 3.28. The molecule has 0 spiro atoms. The highest BCUT2D eigenvalue weighted by Crippen LogP contribution is 2.22. The molecular weight excluding hydrogens is 350 g/mol. The Bertz CT molecular complexity index is 971. The first-order valence-corrected chi connectivity index (χ1v) is 9.39. The van der Waals surface area contributed by atoms with Gasteiger partial charge in [0.25, 0.3) is 11.5 Å². The van der Waals surface area contributed by atoms with E-state index in [4.69, 9.17) is 0 Å². The van der Waals surface area contributed by atoms with Crippen LogP contribution in [-0.2, 0) is 0 Å². The molecule has 1 aromatic carbocycles. The van der Waals surface area contributed by atoms with Gasteiger partial charge in [-0.1, -0.05) is 12.1 Å². The van der Waals surface area contributed by atoms with Crippen LogP contribution in [0.4, 0.5) is 5.95 Å². The summed E-state index contributed by atoms with van der Waals surface area (Å²) in [5, 5.41) is 3.58. The van der Waals surface area contributed by atoms with Gasteiger partial charge < -0.3 is 10.2 Å². The third kappa shape index (κ3) is 3.45. The van der Waals surface area contributed by atoms with Crippen molar-refractivity contribution >= 4 is 33.4 Å². The number of piperidine rings is 1. The van der Waals surface area contributed by atoms with E-state index in [1.54, 1.807) is 0 Å². The number of para-hydroxylation sites is 1. The molecule has 1 aliphatic rings. The fourth-order valence-corrected chi connectivity index (χ4v) is 4.03. The van der Waals surface area contributed by atoms with Crippen LogP contribution in [0.2, 0.25) is 0 Å². The molecule has 0 saturated carbocycles. The molecule has 8 heteroatoms. The van der Waals surface area contributed by atoms with Crippen molar-refractivity contribution in [1.82, 2.24) is 20.3 Å². The summed E-state index contributed by atoms with van der Waals surface area (Å²) in [6, 6.07) is 9.33. The van der Waals surface area contributed by atoms with E-state index in [-0.39, 0.29) is 17.5 Å². The SMILES string of the molecule is Cc1cc(=O)[nH]c(N2CCC(NC(=O)c3nc4ccccc4s3)CC2)n1. The summed E-state index contributed by atoms with van der Waals surface area (Å²) in [4.78, 5) is 37.7. The van der Waals surface area contributed by atoms with Crippen molar-refractivity contribution < 1.29 is 4.79 Å². The van der Waals surface area contributed by atoms with Crippen LogP contribution in [0.3, 0.4) is 0 Å². The fourth-order valence-electron chi connectivity index (χ4n) is 3.17. The second-order valence-corrected chi connectivity index (χ2v) is 7.46. The number of aromatic amines is 1. The molecule has 1 saturated heterocycles. The lowest BCUT2D eigenvalue weighted by atomic mass is 10.1. The molecule has 3 aromatic rings. The lowest BCUT2D eigenvalue weighted by Gasteiger charge is -2.32. The number of aromatic nitrogens is 3. The number of H-pyrrole nitrogens is 1. The first-order valence-electron chi connectivity index (χ1n) is 8.58. The Balaban J connectivity index is 1.38. The minimum absolute atomic E-state index is 0.0993. The number of carbonyl (C=O) groups is 1. The predicted molar refractivity (Wildman–Crippen MR) is 102 cm³/mol. The van der Waals surface area contributed by atoms with Crippen LogP contribution in [0.5, 0.6) is 0 Å². The number of carbonyl (C=O) groups excluding carboxylic acids is 1. The third-order valence-corrected chi connectivity index (χ3v) is 5.51. The molecule has 1 amide bonds. The van der Waals surface area contributed by atoms with Crippen molar-refractivity contribution in [2.75, 3.05) is 18.0 Å². The average Bonchev–Trinajstić information content (AvgIpc) is 3.06. The molecule has 26 heavy (non-hydrogen) atoms. The topological polar surface area (TPSA) is 91.0 Å². The van der Waals surface area contributed by atoms with Crippen molar-refractivity contribution in [3.8, 4) is 0 Å². The van der Waals surface area contributed by atoms with E-state index in [1.165, 1.54) is 17.4 Å². The fraction of sp³-hybridized carbons (Fsp3) is 0.333. The number of hydrogen-bond acceptors (Lipinski definition) is 6. The molecule has 134 valence electrons. The molecule has 0 atom stereocenters. The van der Waals surface area contributed by atoms with Gasteiger partial charge in [0.1, 0.15) is 0 Å². The van der Waals surface area contributed by atoms with Gasteiger partial charge in [-0.25, -0.2) is 9.97 Å². The van der Waals surface area contributed by atoms with E-state index < -0.39 is 0 Å². The molecule has 1 fully saturated rings. The summed E-state index contributed by atoms with van der Waals surface area (Å²) in [5.41, 5.74) is 1.42. The summed E-state index contributed by atoms with van der Waals surface area (Å²) in [7, 11) is 0. The van der Waals surface area contributed by atoms with Crippen molar-refractivity contribution in [1.29, 1.82) is 0 Å². The Hall–Kier alpha value is -2.74. The van der Waals surface area contributed by atoms with E-state index >= 15 is 0 Å². The largest absolute Gasteiger partial charge is 0.347 e. The summed E-state index contributed by atoms with van der Waals surface area (Å²) >= 11 is 1.41. The van der Waals surface area contributed by atoms with Gasteiger partial charge >= 0.3 is 0 Å². The lowest BCUT2D eigenvalue weighted by molar-refractivity contribution is 0.0931. The molecule has 3 heterocycles. The van der Waals surface area contributed by atoms with Gasteiger partial charge in [0.15, 0.2) is 5.01 Å². The van der Waals surface area contributed by atoms with Gasteiger partial charge in [-0.3, -0.25) is 14.6 Å². The van der Waals surface area contributed by atoms with Crippen LogP contribution in [0.1, 0.15) is 28.3 Å². The number of thiazole rings is 1. The maximum Gasteiger partial charge on any atom is 0.280 e. The number of nitrogens with zero attached hydrogens (tertiary/aromatic N) is 3. The van der Waals surface area contributed by atoms with Gasteiger partial charge in [0.05, 0.1) is 10.2 Å². The van der Waals surface area contributed by atoms with Crippen LogP contribution in [0.25, 0.3) is 10.2 Å². The predicted octanol–water partition coefficient (Wildman–Crippen LogP) is 2.09. The van der Waals surface area contributed by atoms with E-state index in [1.807, 2.05) is 31.2 Å². The molecular formula is C18H19N5O2S. The third-order valence-electron chi connectivity index (χ3n) is 4.48. The lowest BCUT2D eigenvalue weighted by Crippen LogP contribution is -2.45. The first kappa shape index (κ1) is 16.7. The van der Waals surface area contributed by atoms with E-state index in [2.05, 4.69) is 25.2 Å². The Morgan fingerprint density at radius 2 is 2.04 bits per heavy atom. The Morgan fingerprint density at radius 3 is 2.77 bits per heavy atom. The second kappa shape index (κ2) is 6.87. The number of amides is 1. The zero-order valence-electron chi connectivity index (χ0n) is 14.4. The second-order valence-electron chi connectivity index (χ2n) is 6.43. The molecule has 7 nitrogen and oxygen atoms in total. The molecule has 2 N–H and O–H groups in total. The molecule has 0 unspecified atom stereocenters. The average molecular weight is 369 g/mol. The summed E-state index contributed by atoms with van der Waals surface area (Å²) in [5.74, 6) is 0.484. The number of fused-ring (bicyclic) bond motifs is 1. The maximum atomic E-state index is 12.5.